The Kier molecular flexibility index (Phi) is 57.7. The molecule has 9 heteroatoms. The van der Waals surface area contributed by atoms with Crippen LogP contribution in [0.5, 0.6) is 0 Å². The van der Waals surface area contributed by atoms with Gasteiger partial charge in [0.15, 0.2) is 6.29 Å². The van der Waals surface area contributed by atoms with Crippen LogP contribution in [0.2, 0.25) is 0 Å². The van der Waals surface area contributed by atoms with Crippen molar-refractivity contribution >= 4 is 5.91 Å². The van der Waals surface area contributed by atoms with Crippen molar-refractivity contribution in [3.63, 3.8) is 0 Å². The van der Waals surface area contributed by atoms with Crippen LogP contribution in [0, 0.1) is 0 Å². The van der Waals surface area contributed by atoms with Gasteiger partial charge in [0.05, 0.1) is 25.4 Å². The minimum atomic E-state index is -1.55. The monoisotopic (exact) mass is 1120 g/mol. The second-order valence-corrected chi connectivity index (χ2v) is 25.0. The predicted octanol–water partition coefficient (Wildman–Crippen LogP) is 19.1. The van der Waals surface area contributed by atoms with Crippen LogP contribution in [0.15, 0.2) is 12.2 Å². The molecule has 0 aromatic carbocycles. The third-order valence-corrected chi connectivity index (χ3v) is 17.4. The zero-order valence-electron chi connectivity index (χ0n) is 52.7. The number of rotatable bonds is 63. The molecule has 0 aliphatic carbocycles. The second-order valence-electron chi connectivity index (χ2n) is 25.0. The molecule has 79 heavy (non-hydrogen) atoms. The van der Waals surface area contributed by atoms with Gasteiger partial charge in [0.1, 0.15) is 24.4 Å². The van der Waals surface area contributed by atoms with Crippen molar-refractivity contribution in [1.82, 2.24) is 5.32 Å². The highest BCUT2D eigenvalue weighted by Gasteiger charge is 2.44. The van der Waals surface area contributed by atoms with E-state index in [0.717, 1.165) is 38.5 Å². The molecular weight excluding hydrogens is 983 g/mol. The van der Waals surface area contributed by atoms with Crippen LogP contribution in [0.3, 0.4) is 0 Å². The van der Waals surface area contributed by atoms with Crippen LogP contribution >= 0.6 is 0 Å². The third-order valence-electron chi connectivity index (χ3n) is 17.4. The molecule has 6 N–H and O–H groups in total. The summed E-state index contributed by atoms with van der Waals surface area (Å²) in [6, 6.07) is -0.716. The van der Waals surface area contributed by atoms with Gasteiger partial charge in [-0.15, -0.1) is 0 Å². The first kappa shape index (κ1) is 75.9. The summed E-state index contributed by atoms with van der Waals surface area (Å²) >= 11 is 0. The van der Waals surface area contributed by atoms with E-state index in [2.05, 4.69) is 31.3 Å². The van der Waals surface area contributed by atoms with Crippen molar-refractivity contribution in [3.05, 3.63) is 12.2 Å². The van der Waals surface area contributed by atoms with E-state index in [-0.39, 0.29) is 12.5 Å². The van der Waals surface area contributed by atoms with E-state index >= 15 is 0 Å². The number of ether oxygens (including phenoxy) is 2. The van der Waals surface area contributed by atoms with E-state index in [1.807, 2.05) is 0 Å². The van der Waals surface area contributed by atoms with E-state index in [1.165, 1.54) is 308 Å². The van der Waals surface area contributed by atoms with Crippen molar-refractivity contribution in [2.45, 2.75) is 416 Å². The lowest BCUT2D eigenvalue weighted by Gasteiger charge is -2.40. The Morgan fingerprint density at radius 1 is 0.418 bits per heavy atom. The Balaban J connectivity index is 2.06. The van der Waals surface area contributed by atoms with E-state index in [0.29, 0.717) is 12.8 Å². The predicted molar refractivity (Wildman–Crippen MR) is 337 cm³/mol. The van der Waals surface area contributed by atoms with Crippen LogP contribution in [-0.4, -0.2) is 87.5 Å². The van der Waals surface area contributed by atoms with Gasteiger partial charge in [-0.1, -0.05) is 341 Å². The number of aliphatic hydroxyl groups excluding tert-OH is 5. The summed E-state index contributed by atoms with van der Waals surface area (Å²) in [5, 5.41) is 54.9. The fourth-order valence-corrected chi connectivity index (χ4v) is 11.8. The average molecular weight is 1120 g/mol. The summed E-state index contributed by atoms with van der Waals surface area (Å²) in [5.41, 5.74) is 0. The lowest BCUT2D eigenvalue weighted by molar-refractivity contribution is -0.302. The number of unbranched alkanes of at least 4 members (excludes halogenated alkanes) is 51. The van der Waals surface area contributed by atoms with Crippen LogP contribution in [0.1, 0.15) is 373 Å². The molecule has 0 saturated carbocycles. The van der Waals surface area contributed by atoms with Crippen LogP contribution < -0.4 is 5.32 Å². The van der Waals surface area contributed by atoms with Crippen LogP contribution in [0.25, 0.3) is 0 Å². The summed E-state index contributed by atoms with van der Waals surface area (Å²) in [6.45, 7) is 3.90. The molecule has 1 rings (SSSR count). The molecule has 0 aromatic heterocycles. The van der Waals surface area contributed by atoms with Gasteiger partial charge in [-0.05, 0) is 38.5 Å². The van der Waals surface area contributed by atoms with Crippen molar-refractivity contribution in [3.8, 4) is 0 Å². The van der Waals surface area contributed by atoms with Crippen molar-refractivity contribution in [2.24, 2.45) is 0 Å². The number of aliphatic hydroxyl groups is 5. The molecule has 9 nitrogen and oxygen atoms in total. The van der Waals surface area contributed by atoms with Gasteiger partial charge in [-0.25, -0.2) is 0 Å². The normalized spacial score (nSPS) is 18.5. The fraction of sp³-hybridized carbons (Fsp3) is 0.957. The molecule has 1 amide bonds. The van der Waals surface area contributed by atoms with Crippen LogP contribution in [-0.2, 0) is 14.3 Å². The van der Waals surface area contributed by atoms with Gasteiger partial charge in [0, 0.05) is 6.42 Å². The van der Waals surface area contributed by atoms with E-state index < -0.39 is 49.5 Å². The number of hydrogen-bond acceptors (Lipinski definition) is 8. The lowest BCUT2D eigenvalue weighted by Crippen LogP contribution is -2.60. The molecule has 0 spiro atoms. The van der Waals surface area contributed by atoms with Gasteiger partial charge in [-0.2, -0.15) is 0 Å². The highest BCUT2D eigenvalue weighted by molar-refractivity contribution is 5.76. The molecule has 1 aliphatic rings. The van der Waals surface area contributed by atoms with Crippen LogP contribution in [0.4, 0.5) is 0 Å². The molecular formula is C70H137NO8. The van der Waals surface area contributed by atoms with Gasteiger partial charge >= 0.3 is 0 Å². The number of carbonyl (C=O) groups is 1. The van der Waals surface area contributed by atoms with Crippen molar-refractivity contribution < 1.29 is 39.8 Å². The Hall–Kier alpha value is -1.07. The molecule has 1 heterocycles. The highest BCUT2D eigenvalue weighted by atomic mass is 16.7. The molecule has 7 atom stereocenters. The molecule has 0 bridgehead atoms. The molecule has 470 valence electrons. The lowest BCUT2D eigenvalue weighted by atomic mass is 9.99. The first-order valence-electron chi connectivity index (χ1n) is 35.4. The van der Waals surface area contributed by atoms with Gasteiger partial charge in [0.2, 0.25) is 5.91 Å². The van der Waals surface area contributed by atoms with Crippen molar-refractivity contribution in [2.75, 3.05) is 13.2 Å². The average Bonchev–Trinajstić information content (AvgIpc) is 3.47. The largest absolute Gasteiger partial charge is 0.394 e. The molecule has 0 radical (unpaired) electrons. The van der Waals surface area contributed by atoms with Crippen molar-refractivity contribution in [1.29, 1.82) is 0 Å². The first-order chi connectivity index (χ1) is 38.8. The number of nitrogens with one attached hydrogen (secondary N) is 1. The van der Waals surface area contributed by atoms with E-state index in [4.69, 9.17) is 9.47 Å². The molecule has 1 saturated heterocycles. The maximum absolute atomic E-state index is 13.1. The quantitative estimate of drug-likeness (QED) is 0.0261. The maximum atomic E-state index is 13.1. The number of amides is 1. The molecule has 7 unspecified atom stereocenters. The number of carbonyl (C=O) groups excluding carboxylic acids is 1. The Morgan fingerprint density at radius 3 is 1.03 bits per heavy atom. The zero-order valence-corrected chi connectivity index (χ0v) is 52.7. The summed E-state index contributed by atoms with van der Waals surface area (Å²) in [5.74, 6) is -0.134. The molecule has 0 aromatic rings. The number of allylic oxidation sites excluding steroid dienone is 2. The Labute approximate surface area is 490 Å². The van der Waals surface area contributed by atoms with Gasteiger partial charge in [0.25, 0.3) is 0 Å². The summed E-state index contributed by atoms with van der Waals surface area (Å²) < 4.78 is 11.4. The second kappa shape index (κ2) is 60.1. The minimum Gasteiger partial charge on any atom is -0.394 e. The van der Waals surface area contributed by atoms with E-state index in [9.17, 15) is 30.3 Å². The SMILES string of the molecule is CCCCCCCCCC/C=C\CCCCCCCCCCCCCCCCCCCCCCCCCC(=O)NC(COC1OC(CO)C(O)C(O)C1O)C(O)CCCCCCCCCCCCCCCCCCCCCCC. The summed E-state index contributed by atoms with van der Waals surface area (Å²) in [7, 11) is 0. The fourth-order valence-electron chi connectivity index (χ4n) is 11.8. The molecule has 1 aliphatic heterocycles. The standard InChI is InChI=1S/C70H137NO8/c1-3-5-7-9-11-13-15-17-19-21-23-25-26-27-28-29-30-31-32-33-34-35-36-37-38-40-42-44-46-48-50-52-54-56-58-60-66(74)71-63(62-78-70-69(77)68(76)67(75)65(61-72)79-70)64(73)59-57-55-53-51-49-47-45-43-41-39-24-22-20-18-16-14-12-10-8-6-4-2/h21,23,63-65,67-70,72-73,75-77H,3-20,22,24-62H2,1-2H3,(H,71,74)/b23-21-. The first-order valence-corrected chi connectivity index (χ1v) is 35.4. The van der Waals surface area contributed by atoms with E-state index in [1.54, 1.807) is 0 Å². The Morgan fingerprint density at radius 2 is 0.709 bits per heavy atom. The van der Waals surface area contributed by atoms with Gasteiger partial charge < -0.3 is 40.3 Å². The Bertz CT molecular complexity index is 1250. The minimum absolute atomic E-state index is 0.131. The number of hydrogen-bond donors (Lipinski definition) is 6. The topological polar surface area (TPSA) is 149 Å². The third kappa shape index (κ3) is 49.0. The maximum Gasteiger partial charge on any atom is 0.220 e. The van der Waals surface area contributed by atoms with Gasteiger partial charge in [-0.3, -0.25) is 4.79 Å². The highest BCUT2D eigenvalue weighted by Crippen LogP contribution is 2.24. The summed E-state index contributed by atoms with van der Waals surface area (Å²) in [4.78, 5) is 13.1. The zero-order chi connectivity index (χ0) is 57.2. The molecule has 1 fully saturated rings. The summed E-state index contributed by atoms with van der Waals surface area (Å²) in [6.07, 6.45) is 70.0. The smallest absolute Gasteiger partial charge is 0.220 e.